The van der Waals surface area contributed by atoms with Crippen molar-refractivity contribution < 1.29 is 4.79 Å². The van der Waals surface area contributed by atoms with Crippen molar-refractivity contribution in [2.75, 3.05) is 11.1 Å². The summed E-state index contributed by atoms with van der Waals surface area (Å²) in [5, 5.41) is 4.37. The number of nitrogen functional groups attached to an aromatic ring is 1. The lowest BCUT2D eigenvalue weighted by atomic mass is 10.0. The molecule has 0 aliphatic rings. The van der Waals surface area contributed by atoms with E-state index in [-0.39, 0.29) is 5.78 Å². The Bertz CT molecular complexity index is 927. The third-order valence-corrected chi connectivity index (χ3v) is 4.44. The maximum Gasteiger partial charge on any atom is 0.166 e. The predicted molar refractivity (Wildman–Crippen MR) is 105 cm³/mol. The molecule has 0 bridgehead atoms. The number of Topliss-reactive ketones (excluding diaryl/α,β-unsaturated/α-hetero) is 1. The largest absolute Gasteiger partial charge is 0.397 e. The highest BCUT2D eigenvalue weighted by atomic mass is 16.1. The average Bonchev–Trinajstić information content (AvgIpc) is 2.59. The second kappa shape index (κ2) is 6.93. The molecule has 0 atom stereocenters. The standard InChI is InChI=1S/C21H23N3O/c1-4-7-18(25)16-12-23-21-15(10-6-11-17(21)22)20(16)24-19-13(2)8-5-9-14(19)3/h5-6,8-12H,4,7,22H2,1-3H3,(H,23,24). The van der Waals surface area contributed by atoms with Gasteiger partial charge in [-0.1, -0.05) is 37.3 Å². The van der Waals surface area contributed by atoms with Gasteiger partial charge in [-0.25, -0.2) is 0 Å². The average molecular weight is 333 g/mol. The number of fused-ring (bicyclic) bond motifs is 1. The van der Waals surface area contributed by atoms with Gasteiger partial charge in [-0.15, -0.1) is 0 Å². The minimum Gasteiger partial charge on any atom is -0.397 e. The second-order valence-corrected chi connectivity index (χ2v) is 6.36. The van der Waals surface area contributed by atoms with E-state index in [1.807, 2.05) is 31.2 Å². The summed E-state index contributed by atoms with van der Waals surface area (Å²) in [4.78, 5) is 17.1. The van der Waals surface area contributed by atoms with E-state index in [1.54, 1.807) is 6.20 Å². The van der Waals surface area contributed by atoms with Gasteiger partial charge >= 0.3 is 0 Å². The molecule has 3 aromatic rings. The Balaban J connectivity index is 2.24. The van der Waals surface area contributed by atoms with Crippen LogP contribution in [-0.2, 0) is 0 Å². The summed E-state index contributed by atoms with van der Waals surface area (Å²) in [6.45, 7) is 6.12. The Morgan fingerprint density at radius 1 is 1.08 bits per heavy atom. The summed E-state index contributed by atoms with van der Waals surface area (Å²) in [6.07, 6.45) is 2.94. The molecule has 0 unspecified atom stereocenters. The Morgan fingerprint density at radius 2 is 1.76 bits per heavy atom. The van der Waals surface area contributed by atoms with Crippen LogP contribution in [0.2, 0.25) is 0 Å². The van der Waals surface area contributed by atoms with Crippen molar-refractivity contribution in [2.24, 2.45) is 0 Å². The zero-order chi connectivity index (χ0) is 18.0. The number of hydrogen-bond donors (Lipinski definition) is 2. The van der Waals surface area contributed by atoms with Crippen LogP contribution < -0.4 is 11.1 Å². The van der Waals surface area contributed by atoms with Gasteiger partial charge in [-0.05, 0) is 37.5 Å². The number of anilines is 3. The Kier molecular flexibility index (Phi) is 4.70. The quantitative estimate of drug-likeness (QED) is 0.500. The molecule has 3 N–H and O–H groups in total. The fourth-order valence-electron chi connectivity index (χ4n) is 3.09. The van der Waals surface area contributed by atoms with E-state index in [9.17, 15) is 4.79 Å². The molecule has 0 saturated heterocycles. The monoisotopic (exact) mass is 333 g/mol. The van der Waals surface area contributed by atoms with Crippen molar-refractivity contribution in [1.29, 1.82) is 0 Å². The molecular formula is C21H23N3O. The highest BCUT2D eigenvalue weighted by molar-refractivity contribution is 6.10. The molecule has 0 aliphatic carbocycles. The topological polar surface area (TPSA) is 68.0 Å². The third-order valence-electron chi connectivity index (χ3n) is 4.44. The Morgan fingerprint density at radius 3 is 2.44 bits per heavy atom. The molecule has 0 amide bonds. The van der Waals surface area contributed by atoms with Crippen molar-refractivity contribution in [3.05, 3.63) is 59.3 Å². The van der Waals surface area contributed by atoms with Gasteiger partial charge in [0.2, 0.25) is 0 Å². The maximum absolute atomic E-state index is 12.6. The fourth-order valence-corrected chi connectivity index (χ4v) is 3.09. The Hall–Kier alpha value is -2.88. The predicted octanol–water partition coefficient (Wildman–Crippen LogP) is 5.16. The first-order valence-electron chi connectivity index (χ1n) is 8.56. The molecule has 1 heterocycles. The fraction of sp³-hybridized carbons (Fsp3) is 0.238. The number of ketones is 1. The van der Waals surface area contributed by atoms with Crippen LogP contribution in [0.5, 0.6) is 0 Å². The van der Waals surface area contributed by atoms with Crippen molar-refractivity contribution in [1.82, 2.24) is 4.98 Å². The minimum atomic E-state index is 0.0908. The molecule has 4 heteroatoms. The highest BCUT2D eigenvalue weighted by Crippen LogP contribution is 2.34. The van der Waals surface area contributed by atoms with E-state index in [4.69, 9.17) is 5.73 Å². The van der Waals surface area contributed by atoms with Gasteiger partial charge in [0, 0.05) is 23.7 Å². The second-order valence-electron chi connectivity index (χ2n) is 6.36. The van der Waals surface area contributed by atoms with Crippen LogP contribution in [0.25, 0.3) is 10.9 Å². The zero-order valence-corrected chi connectivity index (χ0v) is 14.9. The molecule has 2 aromatic carbocycles. The van der Waals surface area contributed by atoms with Gasteiger partial charge in [0.15, 0.2) is 5.78 Å². The molecule has 4 nitrogen and oxygen atoms in total. The van der Waals surface area contributed by atoms with E-state index >= 15 is 0 Å². The number of carbonyl (C=O) groups excluding carboxylic acids is 1. The number of benzene rings is 2. The van der Waals surface area contributed by atoms with Gasteiger partial charge in [0.1, 0.15) is 0 Å². The van der Waals surface area contributed by atoms with Gasteiger partial charge in [0.25, 0.3) is 0 Å². The molecule has 128 valence electrons. The molecule has 0 spiro atoms. The van der Waals surface area contributed by atoms with E-state index in [2.05, 4.69) is 36.3 Å². The summed E-state index contributed by atoms with van der Waals surface area (Å²) in [5.74, 6) is 0.0908. The van der Waals surface area contributed by atoms with Gasteiger partial charge in [0.05, 0.1) is 22.5 Å². The first kappa shape index (κ1) is 17.0. The van der Waals surface area contributed by atoms with Crippen molar-refractivity contribution in [3.8, 4) is 0 Å². The van der Waals surface area contributed by atoms with E-state index in [0.29, 0.717) is 23.2 Å². The molecule has 0 radical (unpaired) electrons. The summed E-state index contributed by atoms with van der Waals surface area (Å²) >= 11 is 0. The molecule has 0 fully saturated rings. The van der Waals surface area contributed by atoms with E-state index in [1.165, 1.54) is 0 Å². The van der Waals surface area contributed by atoms with Crippen molar-refractivity contribution in [3.63, 3.8) is 0 Å². The number of rotatable bonds is 5. The lowest BCUT2D eigenvalue weighted by Crippen LogP contribution is -2.07. The van der Waals surface area contributed by atoms with Crippen molar-refractivity contribution >= 4 is 33.7 Å². The number of nitrogens with two attached hydrogens (primary N) is 1. The molecule has 0 saturated carbocycles. The lowest BCUT2D eigenvalue weighted by Gasteiger charge is -2.18. The van der Waals surface area contributed by atoms with E-state index < -0.39 is 0 Å². The minimum absolute atomic E-state index is 0.0908. The third kappa shape index (κ3) is 3.20. The lowest BCUT2D eigenvalue weighted by molar-refractivity contribution is 0.0982. The number of nitrogens with zero attached hydrogens (tertiary/aromatic N) is 1. The number of hydrogen-bond acceptors (Lipinski definition) is 4. The normalized spacial score (nSPS) is 10.8. The molecule has 1 aromatic heterocycles. The first-order valence-corrected chi connectivity index (χ1v) is 8.56. The van der Waals surface area contributed by atoms with Crippen LogP contribution >= 0.6 is 0 Å². The number of para-hydroxylation sites is 2. The first-order chi connectivity index (χ1) is 12.0. The maximum atomic E-state index is 12.6. The highest BCUT2D eigenvalue weighted by Gasteiger charge is 2.17. The van der Waals surface area contributed by atoms with Crippen LogP contribution in [-0.4, -0.2) is 10.8 Å². The summed E-state index contributed by atoms with van der Waals surface area (Å²) in [5.41, 5.74) is 12.1. The smallest absolute Gasteiger partial charge is 0.166 e. The van der Waals surface area contributed by atoms with Gasteiger partial charge < -0.3 is 11.1 Å². The molecule has 3 rings (SSSR count). The Labute approximate surface area is 148 Å². The zero-order valence-electron chi connectivity index (χ0n) is 14.9. The van der Waals surface area contributed by atoms with Crippen LogP contribution in [0.4, 0.5) is 17.1 Å². The number of aromatic nitrogens is 1. The van der Waals surface area contributed by atoms with Crippen molar-refractivity contribution in [2.45, 2.75) is 33.6 Å². The van der Waals surface area contributed by atoms with E-state index in [0.717, 1.165) is 34.3 Å². The van der Waals surface area contributed by atoms with Crippen LogP contribution in [0, 0.1) is 13.8 Å². The van der Waals surface area contributed by atoms with Crippen LogP contribution in [0.15, 0.2) is 42.6 Å². The van der Waals surface area contributed by atoms with Crippen LogP contribution in [0.1, 0.15) is 41.3 Å². The molecule has 25 heavy (non-hydrogen) atoms. The SMILES string of the molecule is CCCC(=O)c1cnc2c(N)cccc2c1Nc1c(C)cccc1C. The molecule has 0 aliphatic heterocycles. The number of carbonyl (C=O) groups is 1. The number of aryl methyl sites for hydroxylation is 2. The summed E-state index contributed by atoms with van der Waals surface area (Å²) in [6, 6.07) is 11.8. The number of nitrogens with one attached hydrogen (secondary N) is 1. The summed E-state index contributed by atoms with van der Waals surface area (Å²) < 4.78 is 0. The van der Waals surface area contributed by atoms with Gasteiger partial charge in [-0.3, -0.25) is 9.78 Å². The van der Waals surface area contributed by atoms with Crippen LogP contribution in [0.3, 0.4) is 0 Å². The number of pyridine rings is 1. The van der Waals surface area contributed by atoms with Gasteiger partial charge in [-0.2, -0.15) is 0 Å². The molecular weight excluding hydrogens is 310 g/mol. The summed E-state index contributed by atoms with van der Waals surface area (Å²) in [7, 11) is 0.